The van der Waals surface area contributed by atoms with Gasteiger partial charge in [0.25, 0.3) is 0 Å². The molecule has 3 N–H and O–H groups in total. The first-order valence-electron chi connectivity index (χ1n) is 8.59. The second-order valence-corrected chi connectivity index (χ2v) is 6.40. The van der Waals surface area contributed by atoms with Crippen molar-refractivity contribution in [2.45, 2.75) is 57.5 Å². The average molecular weight is 311 g/mol. The van der Waals surface area contributed by atoms with Crippen molar-refractivity contribution in [1.29, 1.82) is 0 Å². The van der Waals surface area contributed by atoms with Crippen LogP contribution in [-0.4, -0.2) is 49.2 Å². The van der Waals surface area contributed by atoms with E-state index in [-0.39, 0.29) is 12.0 Å². The number of hydrogen-bond donors (Lipinski definition) is 2. The third kappa shape index (κ3) is 5.48. The van der Waals surface area contributed by atoms with E-state index in [9.17, 15) is 9.59 Å². The Labute approximate surface area is 132 Å². The summed E-state index contributed by atoms with van der Waals surface area (Å²) in [5.74, 6) is 0.840. The standard InChI is InChI=1S/C16H29N3O3/c17-16(21)18-9-5-4-8-15(20)19-10-11-22-14(12-19)13-6-2-1-3-7-13/h13-14H,1-12H2,(H3,17,18,21). The van der Waals surface area contributed by atoms with Crippen LogP contribution in [0, 0.1) is 5.92 Å². The lowest BCUT2D eigenvalue weighted by atomic mass is 9.84. The van der Waals surface area contributed by atoms with Gasteiger partial charge in [0, 0.05) is 26.1 Å². The van der Waals surface area contributed by atoms with Crippen molar-refractivity contribution in [2.24, 2.45) is 11.7 Å². The molecule has 0 aromatic heterocycles. The number of nitrogens with one attached hydrogen (secondary N) is 1. The minimum Gasteiger partial charge on any atom is -0.374 e. The molecule has 126 valence electrons. The zero-order valence-electron chi connectivity index (χ0n) is 13.4. The fourth-order valence-corrected chi connectivity index (χ4v) is 3.46. The van der Waals surface area contributed by atoms with Crippen LogP contribution in [-0.2, 0) is 9.53 Å². The second-order valence-electron chi connectivity index (χ2n) is 6.40. The van der Waals surface area contributed by atoms with E-state index in [4.69, 9.17) is 10.5 Å². The van der Waals surface area contributed by atoms with Crippen LogP contribution in [0.15, 0.2) is 0 Å². The highest BCUT2D eigenvalue weighted by Gasteiger charge is 2.30. The third-order valence-corrected chi connectivity index (χ3v) is 4.74. The maximum Gasteiger partial charge on any atom is 0.312 e. The lowest BCUT2D eigenvalue weighted by Gasteiger charge is -2.38. The summed E-state index contributed by atoms with van der Waals surface area (Å²) in [5, 5.41) is 2.54. The van der Waals surface area contributed by atoms with Gasteiger partial charge >= 0.3 is 6.03 Å². The van der Waals surface area contributed by atoms with Gasteiger partial charge in [-0.2, -0.15) is 0 Å². The van der Waals surface area contributed by atoms with Crippen LogP contribution in [0.2, 0.25) is 0 Å². The summed E-state index contributed by atoms with van der Waals surface area (Å²) in [6.45, 7) is 2.66. The van der Waals surface area contributed by atoms with Crippen molar-refractivity contribution >= 4 is 11.9 Å². The third-order valence-electron chi connectivity index (χ3n) is 4.74. The molecule has 1 saturated heterocycles. The molecule has 1 saturated carbocycles. The van der Waals surface area contributed by atoms with Gasteiger partial charge in [-0.15, -0.1) is 0 Å². The number of ether oxygens (including phenoxy) is 1. The molecule has 0 aromatic carbocycles. The fourth-order valence-electron chi connectivity index (χ4n) is 3.46. The number of nitrogens with two attached hydrogens (primary N) is 1. The van der Waals surface area contributed by atoms with Crippen molar-refractivity contribution < 1.29 is 14.3 Å². The van der Waals surface area contributed by atoms with Crippen LogP contribution in [0.3, 0.4) is 0 Å². The molecule has 6 heteroatoms. The molecule has 1 aliphatic heterocycles. The summed E-state index contributed by atoms with van der Waals surface area (Å²) in [6.07, 6.45) is 8.75. The van der Waals surface area contributed by atoms with Gasteiger partial charge < -0.3 is 20.7 Å². The first kappa shape index (κ1) is 17.1. The van der Waals surface area contributed by atoms with Gasteiger partial charge in [-0.05, 0) is 31.6 Å². The predicted molar refractivity (Wildman–Crippen MR) is 84.3 cm³/mol. The Morgan fingerprint density at radius 3 is 2.68 bits per heavy atom. The molecule has 2 rings (SSSR count). The molecular weight excluding hydrogens is 282 g/mol. The molecule has 0 radical (unpaired) electrons. The van der Waals surface area contributed by atoms with Crippen LogP contribution in [0.25, 0.3) is 0 Å². The van der Waals surface area contributed by atoms with Crippen molar-refractivity contribution in [3.63, 3.8) is 0 Å². The summed E-state index contributed by atoms with van der Waals surface area (Å²) in [4.78, 5) is 24.8. The molecule has 0 bridgehead atoms. The van der Waals surface area contributed by atoms with Crippen LogP contribution in [0.4, 0.5) is 4.79 Å². The lowest BCUT2D eigenvalue weighted by Crippen LogP contribution is -2.48. The quantitative estimate of drug-likeness (QED) is 0.731. The number of rotatable bonds is 6. The molecule has 0 spiro atoms. The van der Waals surface area contributed by atoms with E-state index in [0.717, 1.165) is 19.4 Å². The number of unbranched alkanes of at least 4 members (excludes halogenated alkanes) is 1. The fraction of sp³-hybridized carbons (Fsp3) is 0.875. The van der Waals surface area contributed by atoms with E-state index >= 15 is 0 Å². The van der Waals surface area contributed by atoms with Gasteiger partial charge in [0.2, 0.25) is 5.91 Å². The number of primary amides is 1. The highest BCUT2D eigenvalue weighted by atomic mass is 16.5. The van der Waals surface area contributed by atoms with Crippen molar-refractivity contribution in [2.75, 3.05) is 26.2 Å². The largest absolute Gasteiger partial charge is 0.374 e. The van der Waals surface area contributed by atoms with Crippen molar-refractivity contribution in [3.8, 4) is 0 Å². The number of hydrogen-bond acceptors (Lipinski definition) is 3. The zero-order chi connectivity index (χ0) is 15.8. The Balaban J connectivity index is 1.67. The van der Waals surface area contributed by atoms with Crippen LogP contribution in [0.1, 0.15) is 51.4 Å². The smallest absolute Gasteiger partial charge is 0.312 e. The zero-order valence-corrected chi connectivity index (χ0v) is 13.4. The molecule has 22 heavy (non-hydrogen) atoms. The Morgan fingerprint density at radius 1 is 1.18 bits per heavy atom. The molecule has 2 aliphatic rings. The Morgan fingerprint density at radius 2 is 1.95 bits per heavy atom. The van der Waals surface area contributed by atoms with E-state index < -0.39 is 6.03 Å². The number of amides is 3. The second kappa shape index (κ2) is 8.98. The highest BCUT2D eigenvalue weighted by Crippen LogP contribution is 2.29. The minimum absolute atomic E-state index is 0.211. The highest BCUT2D eigenvalue weighted by molar-refractivity contribution is 5.76. The van der Waals surface area contributed by atoms with E-state index in [0.29, 0.717) is 32.0 Å². The van der Waals surface area contributed by atoms with E-state index in [1.807, 2.05) is 4.90 Å². The number of nitrogens with zero attached hydrogens (tertiary/aromatic N) is 1. The monoisotopic (exact) mass is 311 g/mol. The summed E-state index contributed by atoms with van der Waals surface area (Å²) in [7, 11) is 0. The Hall–Kier alpha value is -1.30. The topological polar surface area (TPSA) is 84.7 Å². The summed E-state index contributed by atoms with van der Waals surface area (Å²) in [6, 6.07) is -0.505. The summed E-state index contributed by atoms with van der Waals surface area (Å²) < 4.78 is 5.91. The van der Waals surface area contributed by atoms with Crippen LogP contribution < -0.4 is 11.1 Å². The Kier molecular flexibility index (Phi) is 6.96. The molecule has 3 amide bonds. The predicted octanol–water partition coefficient (Wildman–Crippen LogP) is 1.63. The first-order valence-corrected chi connectivity index (χ1v) is 8.59. The minimum atomic E-state index is -0.505. The van der Waals surface area contributed by atoms with Crippen molar-refractivity contribution in [1.82, 2.24) is 10.2 Å². The molecule has 2 fully saturated rings. The number of urea groups is 1. The normalized spacial score (nSPS) is 23.3. The molecule has 1 atom stereocenters. The number of carbonyl (C=O) groups is 2. The van der Waals surface area contributed by atoms with Crippen molar-refractivity contribution in [3.05, 3.63) is 0 Å². The number of carbonyl (C=O) groups excluding carboxylic acids is 2. The first-order chi connectivity index (χ1) is 10.7. The molecule has 1 aliphatic carbocycles. The molecule has 0 aromatic rings. The average Bonchev–Trinajstić information content (AvgIpc) is 2.55. The molecule has 6 nitrogen and oxygen atoms in total. The van der Waals surface area contributed by atoms with Gasteiger partial charge in [-0.1, -0.05) is 19.3 Å². The van der Waals surface area contributed by atoms with E-state index in [1.165, 1.54) is 32.1 Å². The lowest BCUT2D eigenvalue weighted by molar-refractivity contribution is -0.141. The van der Waals surface area contributed by atoms with Gasteiger partial charge in [0.05, 0.1) is 12.7 Å². The van der Waals surface area contributed by atoms with Crippen LogP contribution in [0.5, 0.6) is 0 Å². The molecule has 1 unspecified atom stereocenters. The maximum atomic E-state index is 12.3. The maximum absolute atomic E-state index is 12.3. The van der Waals surface area contributed by atoms with Gasteiger partial charge in [0.15, 0.2) is 0 Å². The van der Waals surface area contributed by atoms with Gasteiger partial charge in [-0.3, -0.25) is 4.79 Å². The molecular formula is C16H29N3O3. The summed E-state index contributed by atoms with van der Waals surface area (Å²) in [5.41, 5.74) is 5.00. The van der Waals surface area contributed by atoms with Gasteiger partial charge in [0.1, 0.15) is 0 Å². The van der Waals surface area contributed by atoms with E-state index in [2.05, 4.69) is 5.32 Å². The SMILES string of the molecule is NC(=O)NCCCCC(=O)N1CCOC(C2CCCCC2)C1. The van der Waals surface area contributed by atoms with Gasteiger partial charge in [-0.25, -0.2) is 4.79 Å². The summed E-state index contributed by atoms with van der Waals surface area (Å²) >= 11 is 0. The Bertz CT molecular complexity index is 370. The number of morpholine rings is 1. The van der Waals surface area contributed by atoms with Crippen LogP contribution >= 0.6 is 0 Å². The molecule has 1 heterocycles. The van der Waals surface area contributed by atoms with E-state index in [1.54, 1.807) is 0 Å².